The Balaban J connectivity index is 1.55. The zero-order valence-electron chi connectivity index (χ0n) is 12.5. The van der Waals surface area contributed by atoms with Gasteiger partial charge in [-0.15, -0.1) is 11.3 Å². The van der Waals surface area contributed by atoms with Gasteiger partial charge in [0.05, 0.1) is 0 Å². The van der Waals surface area contributed by atoms with E-state index >= 15 is 0 Å². The van der Waals surface area contributed by atoms with Crippen LogP contribution in [0.5, 0.6) is 0 Å². The summed E-state index contributed by atoms with van der Waals surface area (Å²) >= 11 is 1.48. The highest BCUT2D eigenvalue weighted by atomic mass is 32.1. The molecule has 3 heterocycles. The lowest BCUT2D eigenvalue weighted by atomic mass is 10.00. The number of fused-ring (bicyclic) bond motifs is 1. The summed E-state index contributed by atoms with van der Waals surface area (Å²) in [6, 6.07) is 12.1. The van der Waals surface area contributed by atoms with Crippen LogP contribution in [0.1, 0.15) is 21.6 Å². The van der Waals surface area contributed by atoms with E-state index in [9.17, 15) is 4.79 Å². The van der Waals surface area contributed by atoms with Gasteiger partial charge < -0.3 is 4.90 Å². The van der Waals surface area contributed by atoms with E-state index < -0.39 is 0 Å². The number of carbonyl (C=O) groups excluding carboxylic acids is 1. The van der Waals surface area contributed by atoms with Gasteiger partial charge in [0, 0.05) is 36.4 Å². The van der Waals surface area contributed by atoms with Crippen LogP contribution in [0, 0.1) is 0 Å². The molecule has 2 aromatic heterocycles. The third-order valence-corrected chi connectivity index (χ3v) is 4.94. The molecule has 0 N–H and O–H groups in total. The number of nitrogens with zero attached hydrogens (tertiary/aromatic N) is 3. The molecule has 0 radical (unpaired) electrons. The van der Waals surface area contributed by atoms with E-state index in [-0.39, 0.29) is 5.91 Å². The molecule has 0 saturated heterocycles. The minimum atomic E-state index is 0.00546. The topological polar surface area (TPSA) is 46.1 Å². The molecule has 4 nitrogen and oxygen atoms in total. The van der Waals surface area contributed by atoms with Crippen LogP contribution in [-0.2, 0) is 13.0 Å². The number of benzene rings is 1. The maximum Gasteiger partial charge on any atom is 0.273 e. The average molecular weight is 321 g/mol. The highest BCUT2D eigenvalue weighted by Crippen LogP contribution is 2.25. The van der Waals surface area contributed by atoms with Crippen LogP contribution in [0.15, 0.2) is 54.2 Å². The molecule has 5 heteroatoms. The van der Waals surface area contributed by atoms with E-state index in [2.05, 4.69) is 28.2 Å². The van der Waals surface area contributed by atoms with Crippen molar-refractivity contribution >= 4 is 17.2 Å². The summed E-state index contributed by atoms with van der Waals surface area (Å²) in [5.74, 6) is 0.00546. The monoisotopic (exact) mass is 321 g/mol. The molecule has 0 saturated carbocycles. The minimum Gasteiger partial charge on any atom is -0.333 e. The SMILES string of the molecule is O=C(c1csc(-c2cccnc2)n1)N1CCc2ccccc2C1. The van der Waals surface area contributed by atoms with Gasteiger partial charge in [-0.05, 0) is 29.7 Å². The Morgan fingerprint density at radius 3 is 2.83 bits per heavy atom. The van der Waals surface area contributed by atoms with Crippen molar-refractivity contribution < 1.29 is 4.79 Å². The molecule has 0 spiro atoms. The van der Waals surface area contributed by atoms with Crippen LogP contribution in [0.25, 0.3) is 10.6 Å². The van der Waals surface area contributed by atoms with Crippen LogP contribution in [0.2, 0.25) is 0 Å². The summed E-state index contributed by atoms with van der Waals surface area (Å²) in [6.07, 6.45) is 4.40. The zero-order chi connectivity index (χ0) is 15.6. The fourth-order valence-electron chi connectivity index (χ4n) is 2.82. The van der Waals surface area contributed by atoms with Gasteiger partial charge in [-0.3, -0.25) is 9.78 Å². The van der Waals surface area contributed by atoms with Crippen molar-refractivity contribution in [1.82, 2.24) is 14.9 Å². The lowest BCUT2D eigenvalue weighted by Crippen LogP contribution is -2.36. The van der Waals surface area contributed by atoms with Crippen molar-refractivity contribution in [3.05, 3.63) is 71.0 Å². The van der Waals surface area contributed by atoms with Crippen molar-refractivity contribution in [2.24, 2.45) is 0 Å². The molecule has 3 aromatic rings. The van der Waals surface area contributed by atoms with E-state index in [0.717, 1.165) is 23.5 Å². The number of aromatic nitrogens is 2. The fourth-order valence-corrected chi connectivity index (χ4v) is 3.61. The highest BCUT2D eigenvalue weighted by Gasteiger charge is 2.23. The Hall–Kier alpha value is -2.53. The van der Waals surface area contributed by atoms with E-state index in [1.807, 2.05) is 28.5 Å². The van der Waals surface area contributed by atoms with Crippen molar-refractivity contribution in [2.75, 3.05) is 6.54 Å². The molecule has 114 valence electrons. The lowest BCUT2D eigenvalue weighted by Gasteiger charge is -2.28. The van der Waals surface area contributed by atoms with Gasteiger partial charge >= 0.3 is 0 Å². The van der Waals surface area contributed by atoms with Gasteiger partial charge in [-0.25, -0.2) is 4.98 Å². The van der Waals surface area contributed by atoms with Crippen molar-refractivity contribution in [3.8, 4) is 10.6 Å². The first kappa shape index (κ1) is 14.1. The molecule has 0 aliphatic carbocycles. The number of hydrogen-bond acceptors (Lipinski definition) is 4. The zero-order valence-corrected chi connectivity index (χ0v) is 13.3. The summed E-state index contributed by atoms with van der Waals surface area (Å²) < 4.78 is 0. The van der Waals surface area contributed by atoms with E-state index in [1.54, 1.807) is 12.4 Å². The molecule has 4 rings (SSSR count). The smallest absolute Gasteiger partial charge is 0.273 e. The molecule has 0 fully saturated rings. The first-order valence-corrected chi connectivity index (χ1v) is 8.41. The summed E-state index contributed by atoms with van der Waals surface area (Å²) in [4.78, 5) is 23.2. The Labute approximate surface area is 138 Å². The molecular weight excluding hydrogens is 306 g/mol. The quantitative estimate of drug-likeness (QED) is 0.727. The number of thiazole rings is 1. The van der Waals surface area contributed by atoms with Gasteiger partial charge in [0.1, 0.15) is 10.7 Å². The fraction of sp³-hybridized carbons (Fsp3) is 0.167. The van der Waals surface area contributed by atoms with Crippen LogP contribution < -0.4 is 0 Å². The van der Waals surface area contributed by atoms with Gasteiger partial charge in [0.15, 0.2) is 0 Å². The van der Waals surface area contributed by atoms with E-state index in [4.69, 9.17) is 0 Å². The molecule has 0 atom stereocenters. The number of rotatable bonds is 2. The second-order valence-electron chi connectivity index (χ2n) is 5.53. The molecule has 23 heavy (non-hydrogen) atoms. The largest absolute Gasteiger partial charge is 0.333 e. The number of carbonyl (C=O) groups is 1. The predicted octanol–water partition coefficient (Wildman–Crippen LogP) is 3.40. The van der Waals surface area contributed by atoms with Gasteiger partial charge in [0.2, 0.25) is 0 Å². The maximum absolute atomic E-state index is 12.7. The van der Waals surface area contributed by atoms with Gasteiger partial charge in [-0.2, -0.15) is 0 Å². The summed E-state index contributed by atoms with van der Waals surface area (Å²) in [5.41, 5.74) is 4.04. The first-order chi connectivity index (χ1) is 11.3. The third-order valence-electron chi connectivity index (χ3n) is 4.05. The van der Waals surface area contributed by atoms with Crippen LogP contribution in [-0.4, -0.2) is 27.3 Å². The van der Waals surface area contributed by atoms with Crippen molar-refractivity contribution in [2.45, 2.75) is 13.0 Å². The van der Waals surface area contributed by atoms with Crippen LogP contribution >= 0.6 is 11.3 Å². The molecule has 1 aliphatic rings. The molecule has 1 aliphatic heterocycles. The summed E-state index contributed by atoms with van der Waals surface area (Å²) in [6.45, 7) is 1.41. The number of hydrogen-bond donors (Lipinski definition) is 0. The molecule has 0 unspecified atom stereocenters. The molecule has 1 aromatic carbocycles. The van der Waals surface area contributed by atoms with Crippen LogP contribution in [0.4, 0.5) is 0 Å². The van der Waals surface area contributed by atoms with Gasteiger partial charge in [-0.1, -0.05) is 24.3 Å². The maximum atomic E-state index is 12.7. The lowest BCUT2D eigenvalue weighted by molar-refractivity contribution is 0.0729. The molecule has 1 amide bonds. The normalized spacial score (nSPS) is 13.7. The Bertz CT molecular complexity index is 844. The van der Waals surface area contributed by atoms with Crippen LogP contribution in [0.3, 0.4) is 0 Å². The predicted molar refractivity (Wildman–Crippen MR) is 90.2 cm³/mol. The summed E-state index contributed by atoms with van der Waals surface area (Å²) in [5, 5.41) is 2.67. The minimum absolute atomic E-state index is 0.00546. The standard InChI is InChI=1S/C18H15N3OS/c22-18(21-9-7-13-4-1-2-5-15(13)11-21)16-12-23-17(20-16)14-6-3-8-19-10-14/h1-6,8,10,12H,7,9,11H2. The second kappa shape index (κ2) is 5.93. The van der Waals surface area contributed by atoms with Crippen molar-refractivity contribution in [1.29, 1.82) is 0 Å². The Kier molecular flexibility index (Phi) is 3.63. The summed E-state index contributed by atoms with van der Waals surface area (Å²) in [7, 11) is 0. The average Bonchev–Trinajstić information content (AvgIpc) is 3.11. The first-order valence-electron chi connectivity index (χ1n) is 7.53. The number of pyridine rings is 1. The molecule has 0 bridgehead atoms. The number of amides is 1. The Morgan fingerprint density at radius 2 is 2.00 bits per heavy atom. The van der Waals surface area contributed by atoms with E-state index in [1.165, 1.54) is 22.5 Å². The van der Waals surface area contributed by atoms with Gasteiger partial charge in [0.25, 0.3) is 5.91 Å². The van der Waals surface area contributed by atoms with Crippen molar-refractivity contribution in [3.63, 3.8) is 0 Å². The second-order valence-corrected chi connectivity index (χ2v) is 6.38. The highest BCUT2D eigenvalue weighted by molar-refractivity contribution is 7.13. The molecular formula is C18H15N3OS. The van der Waals surface area contributed by atoms with E-state index in [0.29, 0.717) is 12.2 Å². The third kappa shape index (κ3) is 2.75. The Morgan fingerprint density at radius 1 is 1.13 bits per heavy atom.